The first-order chi connectivity index (χ1) is 15.4. The molecule has 194 valence electrons. The topological polar surface area (TPSA) is 0 Å². The van der Waals surface area contributed by atoms with Crippen LogP contribution in [0.15, 0.2) is 0 Å². The van der Waals surface area contributed by atoms with Gasteiger partial charge < -0.3 is 0 Å². The minimum Gasteiger partial charge on any atom is -0.0683 e. The zero-order valence-electron chi connectivity index (χ0n) is 24.4. The van der Waals surface area contributed by atoms with Gasteiger partial charge >= 0.3 is 0 Å². The van der Waals surface area contributed by atoms with E-state index >= 15 is 0 Å². The van der Waals surface area contributed by atoms with E-state index in [1.54, 1.807) is 0 Å². The monoisotopic (exact) mass is 451 g/mol. The van der Waals surface area contributed by atoms with Crippen molar-refractivity contribution in [2.45, 2.75) is 165 Å². The van der Waals surface area contributed by atoms with Crippen molar-refractivity contribution in [3.8, 4) is 0 Å². The van der Waals surface area contributed by atoms with Gasteiger partial charge in [0.2, 0.25) is 0 Å². The molecule has 0 amide bonds. The van der Waals surface area contributed by atoms with Gasteiger partial charge in [0.1, 0.15) is 0 Å². The highest BCUT2D eigenvalue weighted by Gasteiger charge is 2.26. The molecule has 5 atom stereocenters. The molecule has 0 heterocycles. The Balaban J connectivity index is 0.00000466. The summed E-state index contributed by atoms with van der Waals surface area (Å²) in [5, 5.41) is 0. The molecule has 0 aromatic rings. The van der Waals surface area contributed by atoms with E-state index in [1.165, 1.54) is 103 Å². The van der Waals surface area contributed by atoms with Crippen molar-refractivity contribution in [1.29, 1.82) is 0 Å². The van der Waals surface area contributed by atoms with Crippen LogP contribution in [0.2, 0.25) is 0 Å². The lowest BCUT2D eigenvalue weighted by atomic mass is 9.76. The van der Waals surface area contributed by atoms with Gasteiger partial charge in [0, 0.05) is 0 Å². The van der Waals surface area contributed by atoms with E-state index in [0.29, 0.717) is 0 Å². The normalized spacial score (nSPS) is 21.5. The molecule has 1 saturated carbocycles. The highest BCUT2D eigenvalue weighted by Crippen LogP contribution is 2.38. The maximum atomic E-state index is 2.57. The largest absolute Gasteiger partial charge is 0.0683 e. The molecule has 5 unspecified atom stereocenters. The van der Waals surface area contributed by atoms with E-state index in [2.05, 4.69) is 48.5 Å². The third-order valence-electron chi connectivity index (χ3n) is 8.79. The highest BCUT2D eigenvalue weighted by atomic mass is 14.3. The maximum Gasteiger partial charge on any atom is -0.0365 e. The predicted molar refractivity (Wildman–Crippen MR) is 149 cm³/mol. The summed E-state index contributed by atoms with van der Waals surface area (Å²) in [6.07, 6.45) is 23.4. The first-order valence-corrected chi connectivity index (χ1v) is 15.4. The summed E-state index contributed by atoms with van der Waals surface area (Å²) in [4.78, 5) is 0. The van der Waals surface area contributed by atoms with Crippen molar-refractivity contribution in [2.24, 2.45) is 41.4 Å². The highest BCUT2D eigenvalue weighted by molar-refractivity contribution is 4.77. The molecular weight excluding hydrogens is 384 g/mol. The Bertz CT molecular complexity index is 377. The Labute approximate surface area is 206 Å². The third-order valence-corrected chi connectivity index (χ3v) is 8.79. The SMILES string of the molecule is CC.CCCC(CCC)CCCCC(C)CCC(C(C)C)C(C)CCC1CCC(CC)C1. The van der Waals surface area contributed by atoms with Gasteiger partial charge in [0.15, 0.2) is 0 Å². The summed E-state index contributed by atoms with van der Waals surface area (Å²) < 4.78 is 0. The van der Waals surface area contributed by atoms with Crippen molar-refractivity contribution in [3.05, 3.63) is 0 Å². The molecule has 32 heavy (non-hydrogen) atoms. The van der Waals surface area contributed by atoms with Gasteiger partial charge in [-0.25, -0.2) is 0 Å². The van der Waals surface area contributed by atoms with Crippen LogP contribution in [-0.4, -0.2) is 0 Å². The van der Waals surface area contributed by atoms with Crippen molar-refractivity contribution in [3.63, 3.8) is 0 Å². The van der Waals surface area contributed by atoms with E-state index in [4.69, 9.17) is 0 Å². The summed E-state index contributed by atoms with van der Waals surface area (Å²) in [6.45, 7) is 21.2. The van der Waals surface area contributed by atoms with Crippen molar-refractivity contribution in [2.75, 3.05) is 0 Å². The fraction of sp³-hybridized carbons (Fsp3) is 1.00. The van der Waals surface area contributed by atoms with E-state index < -0.39 is 0 Å². The van der Waals surface area contributed by atoms with Crippen LogP contribution in [0.1, 0.15) is 165 Å². The molecule has 0 nitrogen and oxygen atoms in total. The Kier molecular flexibility index (Phi) is 20.4. The first-order valence-electron chi connectivity index (χ1n) is 15.4. The van der Waals surface area contributed by atoms with E-state index in [1.807, 2.05) is 13.8 Å². The van der Waals surface area contributed by atoms with Gasteiger partial charge in [-0.2, -0.15) is 0 Å². The van der Waals surface area contributed by atoms with Crippen molar-refractivity contribution >= 4 is 0 Å². The minimum absolute atomic E-state index is 0.850. The van der Waals surface area contributed by atoms with E-state index in [0.717, 1.165) is 41.4 Å². The van der Waals surface area contributed by atoms with Gasteiger partial charge in [-0.05, 0) is 54.3 Å². The molecule has 1 aliphatic carbocycles. The van der Waals surface area contributed by atoms with E-state index in [-0.39, 0.29) is 0 Å². The lowest BCUT2D eigenvalue weighted by Gasteiger charge is -2.29. The van der Waals surface area contributed by atoms with Crippen LogP contribution in [0.4, 0.5) is 0 Å². The lowest BCUT2D eigenvalue weighted by molar-refractivity contribution is 0.211. The average molecular weight is 451 g/mol. The molecule has 0 aliphatic heterocycles. The van der Waals surface area contributed by atoms with Crippen LogP contribution in [0.5, 0.6) is 0 Å². The summed E-state index contributed by atoms with van der Waals surface area (Å²) in [7, 11) is 0. The second kappa shape index (κ2) is 20.4. The number of hydrogen-bond donors (Lipinski definition) is 0. The molecule has 1 aliphatic rings. The average Bonchev–Trinajstić information content (AvgIpc) is 3.25. The summed E-state index contributed by atoms with van der Waals surface area (Å²) in [6, 6.07) is 0. The smallest absolute Gasteiger partial charge is 0.0365 e. The van der Waals surface area contributed by atoms with Gasteiger partial charge in [-0.1, -0.05) is 152 Å². The van der Waals surface area contributed by atoms with Crippen LogP contribution >= 0.6 is 0 Å². The predicted octanol–water partition coefficient (Wildman–Crippen LogP) is 11.7. The number of rotatable bonds is 18. The molecule has 0 saturated heterocycles. The zero-order chi connectivity index (χ0) is 24.4. The first kappa shape index (κ1) is 32.0. The molecule has 0 spiro atoms. The standard InChI is InChI=1S/C30H60.C2H6/c1-8-13-28(14-9-2)16-12-11-15-25(6)17-22-30(24(4)5)26(7)18-19-29-21-20-27(10-3)23-29;1-2/h24-30H,8-23H2,1-7H3;1-2H3. The number of unbranched alkanes of at least 4 members (excludes halogenated alkanes) is 1. The Morgan fingerprint density at radius 2 is 1.25 bits per heavy atom. The van der Waals surface area contributed by atoms with Gasteiger partial charge in [0.25, 0.3) is 0 Å². The van der Waals surface area contributed by atoms with Crippen LogP contribution < -0.4 is 0 Å². The van der Waals surface area contributed by atoms with Crippen molar-refractivity contribution in [1.82, 2.24) is 0 Å². The molecule has 0 bridgehead atoms. The molecule has 0 heteroatoms. The molecule has 0 N–H and O–H groups in total. The van der Waals surface area contributed by atoms with Crippen molar-refractivity contribution < 1.29 is 0 Å². The van der Waals surface area contributed by atoms with Crippen LogP contribution in [0.3, 0.4) is 0 Å². The Morgan fingerprint density at radius 1 is 0.656 bits per heavy atom. The molecule has 1 fully saturated rings. The van der Waals surface area contributed by atoms with E-state index in [9.17, 15) is 0 Å². The fourth-order valence-electron chi connectivity index (χ4n) is 6.60. The second-order valence-corrected chi connectivity index (χ2v) is 11.8. The van der Waals surface area contributed by atoms with Crippen LogP contribution in [0, 0.1) is 41.4 Å². The van der Waals surface area contributed by atoms with Crippen LogP contribution in [0.25, 0.3) is 0 Å². The summed E-state index contributed by atoms with van der Waals surface area (Å²) in [5.41, 5.74) is 0. The lowest BCUT2D eigenvalue weighted by Crippen LogP contribution is -2.19. The Morgan fingerprint density at radius 3 is 1.78 bits per heavy atom. The fourth-order valence-corrected chi connectivity index (χ4v) is 6.60. The molecule has 0 radical (unpaired) electrons. The molecular formula is C32H66. The second-order valence-electron chi connectivity index (χ2n) is 11.8. The Hall–Kier alpha value is 0. The number of hydrogen-bond acceptors (Lipinski definition) is 0. The molecule has 1 rings (SSSR count). The zero-order valence-corrected chi connectivity index (χ0v) is 24.4. The van der Waals surface area contributed by atoms with Gasteiger partial charge in [0.05, 0.1) is 0 Å². The molecule has 0 aromatic heterocycles. The minimum atomic E-state index is 0.850. The summed E-state index contributed by atoms with van der Waals surface area (Å²) in [5.74, 6) is 6.74. The van der Waals surface area contributed by atoms with Crippen LogP contribution in [-0.2, 0) is 0 Å². The third kappa shape index (κ3) is 14.3. The van der Waals surface area contributed by atoms with Gasteiger partial charge in [-0.3, -0.25) is 0 Å². The maximum absolute atomic E-state index is 2.57. The molecule has 0 aromatic carbocycles. The van der Waals surface area contributed by atoms with Gasteiger partial charge in [-0.15, -0.1) is 0 Å². The quantitative estimate of drug-likeness (QED) is 0.182. The summed E-state index contributed by atoms with van der Waals surface area (Å²) >= 11 is 0.